The van der Waals surface area contributed by atoms with Crippen LogP contribution in [0.2, 0.25) is 0 Å². The summed E-state index contributed by atoms with van der Waals surface area (Å²) in [5.74, 6) is 0.617. The summed E-state index contributed by atoms with van der Waals surface area (Å²) >= 11 is 4.60. The van der Waals surface area contributed by atoms with E-state index in [1.165, 1.54) is 33.8 Å². The molecule has 0 unspecified atom stereocenters. The number of amides is 1. The maximum Gasteiger partial charge on any atom is 0.230 e. The van der Waals surface area contributed by atoms with E-state index >= 15 is 0 Å². The minimum Gasteiger partial charge on any atom is -0.330 e. The third kappa shape index (κ3) is 5.43. The topological polar surface area (TPSA) is 71.0 Å². The van der Waals surface area contributed by atoms with Crippen molar-refractivity contribution in [2.24, 2.45) is 0 Å². The highest BCUT2D eigenvalue weighted by atomic mass is 32.2. The number of carbonyl (C=O) groups is 1. The number of rotatable bonds is 8. The van der Waals surface area contributed by atoms with Crippen molar-refractivity contribution in [3.63, 3.8) is 0 Å². The van der Waals surface area contributed by atoms with Gasteiger partial charge < -0.3 is 5.32 Å². The molecule has 33 heavy (non-hydrogen) atoms. The summed E-state index contributed by atoms with van der Waals surface area (Å²) < 4.78 is 0.872. The summed E-state index contributed by atoms with van der Waals surface area (Å²) in [6, 6.07) is 14.1. The van der Waals surface area contributed by atoms with E-state index in [2.05, 4.69) is 48.4 Å². The van der Waals surface area contributed by atoms with E-state index in [-0.39, 0.29) is 5.91 Å². The van der Waals surface area contributed by atoms with Crippen LogP contribution in [0.4, 0.5) is 21.6 Å². The first-order valence-corrected chi connectivity index (χ1v) is 13.3. The number of thiazole rings is 1. The van der Waals surface area contributed by atoms with Gasteiger partial charge in [-0.05, 0) is 49.1 Å². The molecule has 0 aliphatic carbocycles. The summed E-state index contributed by atoms with van der Waals surface area (Å²) in [6.45, 7) is 7.86. The van der Waals surface area contributed by atoms with Crippen molar-refractivity contribution in [3.05, 3.63) is 70.2 Å². The molecule has 0 fully saturated rings. The molecule has 0 aliphatic rings. The monoisotopic (exact) mass is 495 g/mol. The molecular weight excluding hydrogens is 470 g/mol. The van der Waals surface area contributed by atoms with Crippen LogP contribution in [0, 0.1) is 13.8 Å². The van der Waals surface area contributed by atoms with Crippen LogP contribution in [-0.2, 0) is 17.0 Å². The third-order valence-electron chi connectivity index (χ3n) is 5.26. The Morgan fingerprint density at radius 3 is 2.73 bits per heavy atom. The van der Waals surface area contributed by atoms with Crippen molar-refractivity contribution >= 4 is 62.0 Å². The van der Waals surface area contributed by atoms with Gasteiger partial charge in [0.05, 0.1) is 11.4 Å². The number of anilines is 4. The molecule has 6 nitrogen and oxygen atoms in total. The Morgan fingerprint density at radius 1 is 1.12 bits per heavy atom. The van der Waals surface area contributed by atoms with E-state index in [9.17, 15) is 4.79 Å². The van der Waals surface area contributed by atoms with Gasteiger partial charge in [-0.15, -0.1) is 21.5 Å². The highest BCUT2D eigenvalue weighted by Gasteiger charge is 2.20. The Hall–Kier alpha value is -2.75. The van der Waals surface area contributed by atoms with Gasteiger partial charge in [-0.2, -0.15) is 0 Å². The number of para-hydroxylation sites is 1. The average molecular weight is 496 g/mol. The largest absolute Gasteiger partial charge is 0.330 e. The molecule has 0 radical (unpaired) electrons. The van der Waals surface area contributed by atoms with Crippen molar-refractivity contribution < 1.29 is 4.79 Å². The van der Waals surface area contributed by atoms with Crippen LogP contribution in [0.3, 0.4) is 0 Å². The lowest BCUT2D eigenvalue weighted by atomic mass is 10.1. The summed E-state index contributed by atoms with van der Waals surface area (Å²) in [4.78, 5) is 18.9. The van der Waals surface area contributed by atoms with E-state index in [0.717, 1.165) is 38.5 Å². The minimum atomic E-state index is -0.0456. The molecule has 1 N–H and O–H groups in total. The van der Waals surface area contributed by atoms with Gasteiger partial charge in [0.1, 0.15) is 0 Å². The molecule has 4 rings (SSSR count). The average Bonchev–Trinajstić information content (AvgIpc) is 3.45. The quantitative estimate of drug-likeness (QED) is 0.268. The van der Waals surface area contributed by atoms with Gasteiger partial charge in [0.2, 0.25) is 11.0 Å². The second-order valence-electron chi connectivity index (χ2n) is 7.49. The summed E-state index contributed by atoms with van der Waals surface area (Å²) in [6.07, 6.45) is 0.851. The van der Waals surface area contributed by atoms with Gasteiger partial charge in [-0.25, -0.2) is 4.98 Å². The number of hydrogen-bond acceptors (Lipinski definition) is 8. The zero-order valence-electron chi connectivity index (χ0n) is 19.0. The second-order valence-corrected chi connectivity index (χ2v) is 10.5. The molecule has 0 spiro atoms. The summed E-state index contributed by atoms with van der Waals surface area (Å²) in [5, 5.41) is 15.4. The first-order chi connectivity index (χ1) is 16.0. The SMILES string of the molecule is CCc1ccccc1N(C(C)=O)c1nc(CSc2nnc(Nc3cccc(C)c3C)s2)cs1. The molecule has 2 aromatic carbocycles. The van der Waals surface area contributed by atoms with Crippen molar-refractivity contribution in [2.45, 2.75) is 44.2 Å². The standard InChI is InChI=1S/C24H25N5OS3/c1-5-18-10-6-7-12-21(18)29(17(4)30)23-25-19(13-31-23)14-32-24-28-27-22(33-24)26-20-11-8-9-15(2)16(20)3/h6-13H,5,14H2,1-4H3,(H,26,27). The number of aryl methyl sites for hydroxylation is 2. The van der Waals surface area contributed by atoms with E-state index in [1.54, 1.807) is 23.6 Å². The van der Waals surface area contributed by atoms with Crippen molar-refractivity contribution in [3.8, 4) is 0 Å². The third-order valence-corrected chi connectivity index (χ3v) is 8.14. The van der Waals surface area contributed by atoms with Gasteiger partial charge in [-0.1, -0.05) is 60.4 Å². The maximum absolute atomic E-state index is 12.5. The maximum atomic E-state index is 12.5. The van der Waals surface area contributed by atoms with E-state index in [1.807, 2.05) is 35.7 Å². The van der Waals surface area contributed by atoms with Crippen LogP contribution in [0.1, 0.15) is 36.2 Å². The van der Waals surface area contributed by atoms with Gasteiger partial charge in [0.15, 0.2) is 9.47 Å². The Labute approximate surface area is 206 Å². The van der Waals surface area contributed by atoms with Crippen LogP contribution in [0.5, 0.6) is 0 Å². The summed E-state index contributed by atoms with van der Waals surface area (Å²) in [7, 11) is 0. The van der Waals surface area contributed by atoms with E-state index in [0.29, 0.717) is 10.9 Å². The molecule has 2 heterocycles. The molecule has 4 aromatic rings. The van der Waals surface area contributed by atoms with Gasteiger partial charge >= 0.3 is 0 Å². The van der Waals surface area contributed by atoms with Crippen molar-refractivity contribution in [1.29, 1.82) is 0 Å². The fraction of sp³-hybridized carbons (Fsp3) is 0.250. The highest BCUT2D eigenvalue weighted by Crippen LogP contribution is 2.35. The van der Waals surface area contributed by atoms with Gasteiger partial charge in [0, 0.05) is 23.7 Å². The Balaban J connectivity index is 1.44. The molecule has 2 aromatic heterocycles. The lowest BCUT2D eigenvalue weighted by molar-refractivity contribution is -0.115. The highest BCUT2D eigenvalue weighted by molar-refractivity contribution is 8.00. The smallest absolute Gasteiger partial charge is 0.230 e. The fourth-order valence-corrected chi connectivity index (χ4v) is 6.00. The predicted molar refractivity (Wildman–Crippen MR) is 139 cm³/mol. The van der Waals surface area contributed by atoms with Crippen molar-refractivity contribution in [1.82, 2.24) is 15.2 Å². The number of carbonyl (C=O) groups excluding carboxylic acids is 1. The zero-order valence-corrected chi connectivity index (χ0v) is 21.4. The number of nitrogens with zero attached hydrogens (tertiary/aromatic N) is 4. The number of aromatic nitrogens is 3. The van der Waals surface area contributed by atoms with Crippen LogP contribution in [-0.4, -0.2) is 21.1 Å². The van der Waals surface area contributed by atoms with Crippen LogP contribution in [0.25, 0.3) is 0 Å². The molecule has 170 valence electrons. The summed E-state index contributed by atoms with van der Waals surface area (Å²) in [5.41, 5.74) is 6.42. The molecule has 0 saturated heterocycles. The second kappa shape index (κ2) is 10.5. The molecule has 9 heteroatoms. The van der Waals surface area contributed by atoms with E-state index in [4.69, 9.17) is 4.98 Å². The predicted octanol–water partition coefficient (Wildman–Crippen LogP) is 6.89. The van der Waals surface area contributed by atoms with Gasteiger partial charge in [-0.3, -0.25) is 9.69 Å². The van der Waals surface area contributed by atoms with Crippen LogP contribution >= 0.6 is 34.4 Å². The van der Waals surface area contributed by atoms with E-state index < -0.39 is 0 Å². The lowest BCUT2D eigenvalue weighted by Gasteiger charge is -2.20. The van der Waals surface area contributed by atoms with Crippen molar-refractivity contribution in [2.75, 3.05) is 10.2 Å². The minimum absolute atomic E-state index is 0.0456. The lowest BCUT2D eigenvalue weighted by Crippen LogP contribution is -2.23. The molecular formula is C24H25N5OS3. The Bertz CT molecular complexity index is 1270. The van der Waals surface area contributed by atoms with Gasteiger partial charge in [0.25, 0.3) is 0 Å². The molecule has 0 saturated carbocycles. The Kier molecular flexibility index (Phi) is 7.42. The Morgan fingerprint density at radius 2 is 1.94 bits per heavy atom. The normalized spacial score (nSPS) is 10.9. The molecule has 1 amide bonds. The molecule has 0 aliphatic heterocycles. The molecule has 0 atom stereocenters. The molecule has 0 bridgehead atoms. The number of benzene rings is 2. The number of nitrogens with one attached hydrogen (secondary N) is 1. The first kappa shape index (κ1) is 23.4. The van der Waals surface area contributed by atoms with Crippen LogP contribution < -0.4 is 10.2 Å². The fourth-order valence-electron chi connectivity index (χ4n) is 3.36. The first-order valence-electron chi connectivity index (χ1n) is 10.6. The number of hydrogen-bond donors (Lipinski definition) is 1. The zero-order chi connectivity index (χ0) is 23.4. The number of thioether (sulfide) groups is 1. The van der Waals surface area contributed by atoms with Crippen LogP contribution in [0.15, 0.2) is 52.2 Å².